The molecule has 14 nitrogen and oxygen atoms in total. The molecule has 0 aliphatic carbocycles. The van der Waals surface area contributed by atoms with Crippen LogP contribution in [0.4, 0.5) is 0 Å². The van der Waals surface area contributed by atoms with Gasteiger partial charge in [0, 0.05) is 13.0 Å². The second-order valence-corrected chi connectivity index (χ2v) is 17.3. The van der Waals surface area contributed by atoms with E-state index in [0.29, 0.717) is 13.0 Å². The molecule has 380 valence electrons. The van der Waals surface area contributed by atoms with Gasteiger partial charge in [0.05, 0.1) is 26.4 Å². The molecule has 0 radical (unpaired) electrons. The number of ether oxygens (including phenoxy) is 6. The third-order valence-corrected chi connectivity index (χ3v) is 11.4. The number of aliphatic hydroxyl groups excluding tert-OH is 7. The van der Waals surface area contributed by atoms with Crippen LogP contribution in [0.2, 0.25) is 0 Å². The molecule has 0 bridgehead atoms. The molecule has 11 atom stereocenters. The van der Waals surface area contributed by atoms with Gasteiger partial charge in [-0.15, -0.1) is 0 Å². The quantitative estimate of drug-likeness (QED) is 0.0187. The number of aliphatic hydroxyl groups is 7. The van der Waals surface area contributed by atoms with Crippen LogP contribution in [-0.4, -0.2) is 142 Å². The van der Waals surface area contributed by atoms with Gasteiger partial charge in [0.25, 0.3) is 0 Å². The average molecular weight is 937 g/mol. The van der Waals surface area contributed by atoms with E-state index in [9.17, 15) is 40.5 Å². The standard InChI is InChI=1S/C52H88O14/c1-3-5-7-9-11-13-15-16-17-18-19-20-21-22-23-24-25-26-28-30-32-34-36-61-38-41(64-44(54)35-33-31-29-27-14-12-10-8-6-4-2)39-62-51-50(60)48(58)46(56)43(66-51)40-63-52-49(59)47(57)45(55)42(37-53)65-52/h5,7-8,10-11,13,16-17,19-20,22-23,41-43,45-53,55-60H,3-4,6,9,12,14-15,18,21,24-40H2,1-2H3/b7-5-,10-8-,13-11-,17-16-,20-19-,23-22-. The maximum Gasteiger partial charge on any atom is 0.306 e. The smallest absolute Gasteiger partial charge is 0.306 e. The molecule has 0 aromatic carbocycles. The number of hydrogen-bond donors (Lipinski definition) is 7. The summed E-state index contributed by atoms with van der Waals surface area (Å²) in [5.41, 5.74) is 0. The fourth-order valence-electron chi connectivity index (χ4n) is 7.37. The normalized spacial score (nSPS) is 26.9. The summed E-state index contributed by atoms with van der Waals surface area (Å²) < 4.78 is 34.2. The Morgan fingerprint density at radius 3 is 1.56 bits per heavy atom. The van der Waals surface area contributed by atoms with Crippen molar-refractivity contribution in [1.82, 2.24) is 0 Å². The van der Waals surface area contributed by atoms with Crippen LogP contribution in [0.15, 0.2) is 72.9 Å². The van der Waals surface area contributed by atoms with Gasteiger partial charge in [-0.1, -0.05) is 138 Å². The van der Waals surface area contributed by atoms with Crippen molar-refractivity contribution in [3.8, 4) is 0 Å². The van der Waals surface area contributed by atoms with Crippen molar-refractivity contribution >= 4 is 5.97 Å². The summed E-state index contributed by atoms with van der Waals surface area (Å²) in [7, 11) is 0. The van der Waals surface area contributed by atoms with Gasteiger partial charge in [0.15, 0.2) is 12.6 Å². The molecule has 0 aromatic rings. The van der Waals surface area contributed by atoms with Gasteiger partial charge in [-0.2, -0.15) is 0 Å². The molecule has 66 heavy (non-hydrogen) atoms. The highest BCUT2D eigenvalue weighted by atomic mass is 16.7. The molecule has 14 heteroatoms. The van der Waals surface area contributed by atoms with Crippen LogP contribution >= 0.6 is 0 Å². The van der Waals surface area contributed by atoms with Crippen LogP contribution in [0, 0.1) is 0 Å². The Hall–Kier alpha value is -2.57. The zero-order valence-corrected chi connectivity index (χ0v) is 40.2. The second-order valence-electron chi connectivity index (χ2n) is 17.3. The monoisotopic (exact) mass is 937 g/mol. The Bertz CT molecular complexity index is 1360. The Balaban J connectivity index is 1.75. The summed E-state index contributed by atoms with van der Waals surface area (Å²) in [5, 5.41) is 72.0. The predicted molar refractivity (Wildman–Crippen MR) is 256 cm³/mol. The summed E-state index contributed by atoms with van der Waals surface area (Å²) in [6.45, 7) is 3.43. The molecule has 2 aliphatic rings. The molecule has 0 spiro atoms. The lowest BCUT2D eigenvalue weighted by molar-refractivity contribution is -0.332. The van der Waals surface area contributed by atoms with Crippen LogP contribution in [0.3, 0.4) is 0 Å². The summed E-state index contributed by atoms with van der Waals surface area (Å²) in [5.74, 6) is -0.398. The molecule has 2 fully saturated rings. The van der Waals surface area contributed by atoms with Crippen molar-refractivity contribution < 1.29 is 69.0 Å². The number of esters is 1. The van der Waals surface area contributed by atoms with Crippen LogP contribution in [-0.2, 0) is 33.2 Å². The highest BCUT2D eigenvalue weighted by molar-refractivity contribution is 5.69. The lowest BCUT2D eigenvalue weighted by atomic mass is 9.98. The van der Waals surface area contributed by atoms with Gasteiger partial charge in [-0.3, -0.25) is 4.79 Å². The van der Waals surface area contributed by atoms with E-state index >= 15 is 0 Å². The zero-order valence-electron chi connectivity index (χ0n) is 40.2. The largest absolute Gasteiger partial charge is 0.457 e. The lowest BCUT2D eigenvalue weighted by Gasteiger charge is -2.42. The summed E-state index contributed by atoms with van der Waals surface area (Å²) in [6, 6.07) is 0. The van der Waals surface area contributed by atoms with E-state index in [4.69, 9.17) is 28.4 Å². The minimum absolute atomic E-state index is 0.0438. The third kappa shape index (κ3) is 26.8. The fraction of sp³-hybridized carbons (Fsp3) is 0.750. The Morgan fingerprint density at radius 2 is 0.985 bits per heavy atom. The number of carbonyl (C=O) groups is 1. The molecule has 7 N–H and O–H groups in total. The van der Waals surface area contributed by atoms with Gasteiger partial charge >= 0.3 is 5.97 Å². The molecule has 0 amide bonds. The first-order chi connectivity index (χ1) is 32.1. The van der Waals surface area contributed by atoms with E-state index in [1.807, 2.05) is 0 Å². The summed E-state index contributed by atoms with van der Waals surface area (Å²) >= 11 is 0. The summed E-state index contributed by atoms with van der Waals surface area (Å²) in [6.07, 6.45) is 31.2. The van der Waals surface area contributed by atoms with E-state index in [1.54, 1.807) is 0 Å². The minimum atomic E-state index is -1.71. The number of carbonyl (C=O) groups excluding carboxylic acids is 1. The number of allylic oxidation sites excluding steroid dienone is 12. The van der Waals surface area contributed by atoms with Gasteiger partial charge in [0.2, 0.25) is 0 Å². The van der Waals surface area contributed by atoms with Gasteiger partial charge in [-0.25, -0.2) is 0 Å². The number of unbranched alkanes of at least 4 members (excludes halogenated alkanes) is 12. The van der Waals surface area contributed by atoms with Gasteiger partial charge < -0.3 is 64.2 Å². The Labute approximate surface area is 396 Å². The van der Waals surface area contributed by atoms with Crippen molar-refractivity contribution in [2.24, 2.45) is 0 Å². The van der Waals surface area contributed by atoms with Crippen molar-refractivity contribution in [2.45, 2.75) is 216 Å². The maximum absolute atomic E-state index is 12.9. The van der Waals surface area contributed by atoms with Crippen LogP contribution in [0.1, 0.15) is 149 Å². The van der Waals surface area contributed by atoms with Crippen LogP contribution in [0.5, 0.6) is 0 Å². The summed E-state index contributed by atoms with van der Waals surface area (Å²) in [4.78, 5) is 12.9. The Kier molecular flexibility index (Phi) is 35.5. The molecule has 2 heterocycles. The van der Waals surface area contributed by atoms with Gasteiger partial charge in [0.1, 0.15) is 54.9 Å². The molecule has 0 saturated carbocycles. The molecule has 2 saturated heterocycles. The lowest BCUT2D eigenvalue weighted by Crippen LogP contribution is -2.61. The Morgan fingerprint density at radius 1 is 0.515 bits per heavy atom. The predicted octanol–water partition coefficient (Wildman–Crippen LogP) is 7.12. The molecular weight excluding hydrogens is 849 g/mol. The number of hydrogen-bond acceptors (Lipinski definition) is 14. The van der Waals surface area contributed by atoms with Crippen molar-refractivity contribution in [1.29, 1.82) is 0 Å². The van der Waals surface area contributed by atoms with E-state index in [2.05, 4.69) is 86.8 Å². The van der Waals surface area contributed by atoms with Crippen molar-refractivity contribution in [3.63, 3.8) is 0 Å². The van der Waals surface area contributed by atoms with E-state index in [0.717, 1.165) is 116 Å². The van der Waals surface area contributed by atoms with E-state index < -0.39 is 86.7 Å². The van der Waals surface area contributed by atoms with Crippen LogP contribution < -0.4 is 0 Å². The second kappa shape index (κ2) is 39.3. The van der Waals surface area contributed by atoms with E-state index in [-0.39, 0.29) is 19.6 Å². The fourth-order valence-corrected chi connectivity index (χ4v) is 7.37. The third-order valence-electron chi connectivity index (χ3n) is 11.4. The maximum atomic E-state index is 12.9. The SMILES string of the molecule is CC/C=C\C/C=C\C/C=C\C/C=C\C/C=C\CCCCCCCCOCC(COC1OC(COC2OC(CO)C(O)C(O)C2O)C(O)C(O)C1O)OC(=O)CCCCCCC/C=C\CCC. The van der Waals surface area contributed by atoms with Crippen molar-refractivity contribution in [2.75, 3.05) is 33.0 Å². The first-order valence-corrected chi connectivity index (χ1v) is 25.0. The molecule has 11 unspecified atom stereocenters. The minimum Gasteiger partial charge on any atom is -0.457 e. The average Bonchev–Trinajstić information content (AvgIpc) is 3.31. The van der Waals surface area contributed by atoms with Gasteiger partial charge in [-0.05, 0) is 77.0 Å². The van der Waals surface area contributed by atoms with Crippen LogP contribution in [0.25, 0.3) is 0 Å². The zero-order chi connectivity index (χ0) is 48.0. The molecule has 2 aliphatic heterocycles. The highest BCUT2D eigenvalue weighted by Gasteiger charge is 2.47. The molecule has 0 aromatic heterocycles. The number of rotatable bonds is 38. The first kappa shape index (κ1) is 59.6. The van der Waals surface area contributed by atoms with E-state index in [1.165, 1.54) is 6.42 Å². The molecule has 2 rings (SSSR count). The molecular formula is C52H88O14. The first-order valence-electron chi connectivity index (χ1n) is 25.0. The van der Waals surface area contributed by atoms with Crippen molar-refractivity contribution in [3.05, 3.63) is 72.9 Å². The topological polar surface area (TPSA) is 214 Å². The highest BCUT2D eigenvalue weighted by Crippen LogP contribution is 2.26.